The lowest BCUT2D eigenvalue weighted by Crippen LogP contribution is -2.63. The number of aliphatic hydroxyl groups excluding tert-OH is 2. The van der Waals surface area contributed by atoms with Crippen LogP contribution < -0.4 is 10.6 Å². The molecule has 1 fully saturated rings. The first-order valence-corrected chi connectivity index (χ1v) is 13.2. The molecule has 1 saturated heterocycles. The Balaban J connectivity index is 1.60. The fraction of sp³-hybridized carbons (Fsp3) is 0.536. The predicted octanol–water partition coefficient (Wildman–Crippen LogP) is 0.651. The number of phenolic OH excluding ortho intramolecular Hbond substituents is 1. The number of benzene rings is 1. The van der Waals surface area contributed by atoms with Gasteiger partial charge in [0.1, 0.15) is 22.8 Å². The van der Waals surface area contributed by atoms with Crippen LogP contribution in [-0.4, -0.2) is 107 Å². The van der Waals surface area contributed by atoms with Crippen molar-refractivity contribution in [2.24, 2.45) is 17.6 Å². The summed E-state index contributed by atoms with van der Waals surface area (Å²) in [6.07, 6.45) is 2.15. The van der Waals surface area contributed by atoms with Crippen molar-refractivity contribution in [2.45, 2.75) is 43.4 Å². The lowest BCUT2D eigenvalue weighted by Gasteiger charge is -2.50. The van der Waals surface area contributed by atoms with Crippen LogP contribution in [0.4, 0.5) is 5.69 Å². The van der Waals surface area contributed by atoms with Crippen LogP contribution in [0.5, 0.6) is 5.75 Å². The molecule has 1 aromatic rings. The van der Waals surface area contributed by atoms with Gasteiger partial charge >= 0.3 is 0 Å². The van der Waals surface area contributed by atoms with Crippen LogP contribution in [0, 0.1) is 11.8 Å². The van der Waals surface area contributed by atoms with Crippen LogP contribution in [0.2, 0.25) is 0 Å². The minimum Gasteiger partial charge on any atom is -0.510 e. The van der Waals surface area contributed by atoms with Gasteiger partial charge in [0.2, 0.25) is 5.78 Å². The molecule has 0 radical (unpaired) electrons. The summed E-state index contributed by atoms with van der Waals surface area (Å²) in [6.45, 7) is 1.84. The van der Waals surface area contributed by atoms with Gasteiger partial charge in [0.25, 0.3) is 5.91 Å². The average molecular weight is 541 g/mol. The number of anilines is 1. The first-order valence-electron chi connectivity index (χ1n) is 13.2. The maximum atomic E-state index is 13.9. The van der Waals surface area contributed by atoms with Gasteiger partial charge in [0, 0.05) is 24.6 Å². The van der Waals surface area contributed by atoms with E-state index in [4.69, 9.17) is 5.73 Å². The number of nitrogens with two attached hydrogens (primary N) is 1. The molecule has 210 valence electrons. The van der Waals surface area contributed by atoms with Crippen molar-refractivity contribution in [3.8, 4) is 5.75 Å². The number of aliphatic hydroxyl groups is 3. The number of carbonyl (C=O) groups is 3. The Labute approximate surface area is 226 Å². The number of hydrogen-bond donors (Lipinski definition) is 5. The average Bonchev–Trinajstić information content (AvgIpc) is 2.86. The van der Waals surface area contributed by atoms with Gasteiger partial charge in [-0.25, -0.2) is 0 Å². The van der Waals surface area contributed by atoms with E-state index in [2.05, 4.69) is 11.9 Å². The van der Waals surface area contributed by atoms with Crippen LogP contribution in [-0.2, 0) is 16.0 Å². The highest BCUT2D eigenvalue weighted by Crippen LogP contribution is 2.52. The fourth-order valence-corrected chi connectivity index (χ4v) is 7.08. The SMILES string of the molecule is CN1CCC(N(C)c2ccc3c(c2O)C(=O)C2=C(O)[C@@]4(O)C(=O)C(C(N)=O)=C(O)[C@H](N(C)C)[C@H]4C[C@H]2C3)CC1. The van der Waals surface area contributed by atoms with Crippen LogP contribution in [0.15, 0.2) is 34.8 Å². The molecule has 39 heavy (non-hydrogen) atoms. The van der Waals surface area contributed by atoms with Crippen molar-refractivity contribution in [1.29, 1.82) is 0 Å². The summed E-state index contributed by atoms with van der Waals surface area (Å²) in [5, 5.41) is 45.3. The van der Waals surface area contributed by atoms with E-state index in [9.17, 15) is 34.8 Å². The third kappa shape index (κ3) is 3.86. The Hall–Kier alpha value is -3.41. The number of primary amides is 1. The maximum absolute atomic E-state index is 13.9. The van der Waals surface area contributed by atoms with Crippen LogP contribution in [0.25, 0.3) is 0 Å². The van der Waals surface area contributed by atoms with Crippen molar-refractivity contribution < 1.29 is 34.8 Å². The van der Waals surface area contributed by atoms with E-state index < -0.39 is 58.0 Å². The van der Waals surface area contributed by atoms with Gasteiger partial charge in [-0.1, -0.05) is 6.07 Å². The Kier molecular flexibility index (Phi) is 6.52. The van der Waals surface area contributed by atoms with E-state index in [1.54, 1.807) is 26.2 Å². The van der Waals surface area contributed by atoms with E-state index in [1.807, 2.05) is 11.9 Å². The van der Waals surface area contributed by atoms with Gasteiger partial charge < -0.3 is 36.0 Å². The summed E-state index contributed by atoms with van der Waals surface area (Å²) in [6, 6.07) is 2.78. The van der Waals surface area contributed by atoms with E-state index in [0.717, 1.165) is 25.9 Å². The van der Waals surface area contributed by atoms with Crippen molar-refractivity contribution in [2.75, 3.05) is 46.2 Å². The third-order valence-corrected chi connectivity index (χ3v) is 9.19. The molecule has 0 aromatic heterocycles. The van der Waals surface area contributed by atoms with E-state index in [-0.39, 0.29) is 35.8 Å². The molecule has 0 bridgehead atoms. The Morgan fingerprint density at radius 2 is 1.74 bits per heavy atom. The summed E-state index contributed by atoms with van der Waals surface area (Å²) in [4.78, 5) is 45.2. The molecule has 4 aliphatic rings. The number of amides is 1. The number of Topliss-reactive ketones (excluding diaryl/α,β-unsaturated/α-hetero) is 2. The van der Waals surface area contributed by atoms with Crippen molar-refractivity contribution in [3.63, 3.8) is 0 Å². The Morgan fingerprint density at radius 1 is 1.10 bits per heavy atom. The maximum Gasteiger partial charge on any atom is 0.255 e. The first kappa shape index (κ1) is 27.2. The number of phenols is 1. The number of ketones is 2. The second-order valence-corrected chi connectivity index (χ2v) is 11.6. The van der Waals surface area contributed by atoms with Gasteiger partial charge in [-0.2, -0.15) is 0 Å². The zero-order valence-corrected chi connectivity index (χ0v) is 22.6. The van der Waals surface area contributed by atoms with Crippen molar-refractivity contribution in [3.05, 3.63) is 45.9 Å². The quantitative estimate of drug-likeness (QED) is 0.342. The molecule has 0 spiro atoms. The molecule has 0 saturated carbocycles. The number of carbonyl (C=O) groups excluding carboxylic acids is 3. The summed E-state index contributed by atoms with van der Waals surface area (Å²) >= 11 is 0. The fourth-order valence-electron chi connectivity index (χ4n) is 7.08. The van der Waals surface area contributed by atoms with Gasteiger partial charge in [0.15, 0.2) is 11.4 Å². The molecule has 6 N–H and O–H groups in total. The number of fused-ring (bicyclic) bond motifs is 3. The van der Waals surface area contributed by atoms with E-state index in [0.29, 0.717) is 11.3 Å². The molecular formula is C28H36N4O7. The van der Waals surface area contributed by atoms with Crippen LogP contribution in [0.3, 0.4) is 0 Å². The summed E-state index contributed by atoms with van der Waals surface area (Å²) in [7, 11) is 7.15. The number of hydrogen-bond acceptors (Lipinski definition) is 10. The lowest BCUT2D eigenvalue weighted by molar-refractivity contribution is -0.148. The molecule has 5 rings (SSSR count). The molecule has 11 nitrogen and oxygen atoms in total. The normalized spacial score (nSPS) is 29.8. The summed E-state index contributed by atoms with van der Waals surface area (Å²) in [5.41, 5.74) is 2.92. The smallest absolute Gasteiger partial charge is 0.255 e. The monoisotopic (exact) mass is 540 g/mol. The molecule has 1 aliphatic heterocycles. The molecule has 1 aromatic carbocycles. The summed E-state index contributed by atoms with van der Waals surface area (Å²) < 4.78 is 0. The zero-order chi connectivity index (χ0) is 28.5. The highest BCUT2D eigenvalue weighted by atomic mass is 16.3. The van der Waals surface area contributed by atoms with Gasteiger partial charge in [-0.3, -0.25) is 19.3 Å². The predicted molar refractivity (Wildman–Crippen MR) is 143 cm³/mol. The topological polar surface area (TPSA) is 168 Å². The zero-order valence-electron chi connectivity index (χ0n) is 22.6. The highest BCUT2D eigenvalue weighted by Gasteiger charge is 2.63. The van der Waals surface area contributed by atoms with Gasteiger partial charge in [-0.05, 0) is 77.5 Å². The van der Waals surface area contributed by atoms with E-state index in [1.165, 1.54) is 4.90 Å². The molecule has 4 atom stereocenters. The van der Waals surface area contributed by atoms with Crippen molar-refractivity contribution >= 4 is 23.2 Å². The van der Waals surface area contributed by atoms with Crippen LogP contribution in [0.1, 0.15) is 35.2 Å². The number of nitrogens with zero attached hydrogens (tertiary/aromatic N) is 3. The summed E-state index contributed by atoms with van der Waals surface area (Å²) in [5.74, 6) is -6.40. The molecule has 1 heterocycles. The minimum absolute atomic E-state index is 0.0352. The number of aromatic hydroxyl groups is 1. The number of rotatable bonds is 4. The highest BCUT2D eigenvalue weighted by molar-refractivity contribution is 6.24. The largest absolute Gasteiger partial charge is 0.510 e. The first-order chi connectivity index (χ1) is 18.3. The molecule has 1 amide bonds. The second-order valence-electron chi connectivity index (χ2n) is 11.6. The Morgan fingerprint density at radius 3 is 2.33 bits per heavy atom. The molecule has 3 aliphatic carbocycles. The van der Waals surface area contributed by atoms with Gasteiger partial charge in [-0.15, -0.1) is 0 Å². The minimum atomic E-state index is -2.64. The lowest BCUT2D eigenvalue weighted by atomic mass is 9.58. The second kappa shape index (κ2) is 9.35. The Bertz CT molecular complexity index is 1330. The molecular weight excluding hydrogens is 504 g/mol. The number of likely N-dealkylation sites (tertiary alicyclic amines) is 1. The molecule has 0 unspecified atom stereocenters. The number of piperidine rings is 1. The van der Waals surface area contributed by atoms with E-state index >= 15 is 0 Å². The standard InChI is InChI=1S/C28H36N4O7/c1-30(2)21-16-12-14-11-13-5-6-17(32(4)15-7-9-31(3)10-8-15)22(33)18(13)23(34)19(14)25(36)28(16,39)26(37)20(24(21)35)27(29)38/h5-6,14-16,21,33,35-36,39H,7-12H2,1-4H3,(H2,29,38)/t14-,16-,21-,28-/m1/s1. The molecule has 11 heteroatoms. The number of allylic oxidation sites excluding steroid dienone is 1. The van der Waals surface area contributed by atoms with Gasteiger partial charge in [0.05, 0.1) is 17.3 Å². The van der Waals surface area contributed by atoms with Crippen LogP contribution >= 0.6 is 0 Å². The third-order valence-electron chi connectivity index (χ3n) is 9.19. The van der Waals surface area contributed by atoms with Crippen molar-refractivity contribution in [1.82, 2.24) is 9.80 Å². The number of likely N-dealkylation sites (N-methyl/N-ethyl adjacent to an activating group) is 1.